The van der Waals surface area contributed by atoms with E-state index in [1.165, 1.54) is 66.1 Å². The van der Waals surface area contributed by atoms with Gasteiger partial charge in [0, 0.05) is 16.7 Å². The summed E-state index contributed by atoms with van der Waals surface area (Å²) in [4.78, 5) is 10.9. The smallest absolute Gasteiger partial charge is 0.161 e. The first kappa shape index (κ1) is 36.6. The number of aromatic nitrogens is 2. The first-order chi connectivity index (χ1) is 30.1. The van der Waals surface area contributed by atoms with Crippen molar-refractivity contribution in [3.63, 3.8) is 0 Å². The van der Waals surface area contributed by atoms with Crippen LogP contribution in [0.2, 0.25) is 0 Å². The SMILES string of the molecule is CC1C=CC(c2cccc(-c3cc(-c4cccc(-c5ccccc5)c4)nc(-c4ccccc4-c4ccccc4C4=Cc5c(c6ccccc6c6ccccc56)CC4)n3)c2)=CC1. The third-order valence-corrected chi connectivity index (χ3v) is 12.6. The molecule has 0 saturated heterocycles. The van der Waals surface area contributed by atoms with Crippen molar-refractivity contribution in [3.8, 4) is 56.2 Å². The fourth-order valence-electron chi connectivity index (χ4n) is 9.46. The van der Waals surface area contributed by atoms with Crippen LogP contribution in [0.3, 0.4) is 0 Å². The molecule has 0 saturated carbocycles. The molecule has 0 fully saturated rings. The predicted octanol–water partition coefficient (Wildman–Crippen LogP) is 15.6. The lowest BCUT2D eigenvalue weighted by Crippen LogP contribution is -2.03. The molecule has 2 aliphatic rings. The lowest BCUT2D eigenvalue weighted by molar-refractivity contribution is 0.739. The number of fused-ring (bicyclic) bond motifs is 6. The highest BCUT2D eigenvalue weighted by Crippen LogP contribution is 2.44. The van der Waals surface area contributed by atoms with Crippen LogP contribution in [0.25, 0.3) is 94.9 Å². The molecule has 0 spiro atoms. The van der Waals surface area contributed by atoms with Crippen LogP contribution in [0.5, 0.6) is 0 Å². The van der Waals surface area contributed by atoms with Crippen molar-refractivity contribution in [1.82, 2.24) is 9.97 Å². The van der Waals surface area contributed by atoms with Crippen molar-refractivity contribution in [2.45, 2.75) is 26.2 Å². The lowest BCUT2D eigenvalue weighted by atomic mass is 9.81. The van der Waals surface area contributed by atoms with Crippen LogP contribution >= 0.6 is 0 Å². The highest BCUT2D eigenvalue weighted by molar-refractivity contribution is 6.14. The summed E-state index contributed by atoms with van der Waals surface area (Å²) in [6.45, 7) is 2.27. The molecule has 1 unspecified atom stereocenters. The minimum atomic E-state index is 0.557. The lowest BCUT2D eigenvalue weighted by Gasteiger charge is -2.23. The molecule has 1 heterocycles. The predicted molar refractivity (Wildman–Crippen MR) is 258 cm³/mol. The Morgan fingerprint density at radius 1 is 0.443 bits per heavy atom. The monoisotopic (exact) mass is 780 g/mol. The Labute approximate surface area is 358 Å². The summed E-state index contributed by atoms with van der Waals surface area (Å²) in [5.41, 5.74) is 17.4. The van der Waals surface area contributed by atoms with E-state index >= 15 is 0 Å². The zero-order chi connectivity index (χ0) is 40.7. The van der Waals surface area contributed by atoms with Crippen LogP contribution in [0.1, 0.15) is 42.0 Å². The maximum absolute atomic E-state index is 5.44. The summed E-state index contributed by atoms with van der Waals surface area (Å²) >= 11 is 0. The number of benzene rings is 8. The zero-order valence-corrected chi connectivity index (χ0v) is 34.2. The number of aryl methyl sites for hydroxylation is 1. The van der Waals surface area contributed by atoms with Crippen molar-refractivity contribution in [2.24, 2.45) is 5.92 Å². The van der Waals surface area contributed by atoms with E-state index in [1.54, 1.807) is 0 Å². The molecule has 0 N–H and O–H groups in total. The Morgan fingerprint density at radius 2 is 0.984 bits per heavy atom. The topological polar surface area (TPSA) is 25.8 Å². The van der Waals surface area contributed by atoms with E-state index in [-0.39, 0.29) is 0 Å². The van der Waals surface area contributed by atoms with Crippen molar-refractivity contribution < 1.29 is 0 Å². The molecule has 0 radical (unpaired) electrons. The van der Waals surface area contributed by atoms with Crippen molar-refractivity contribution in [1.29, 1.82) is 0 Å². The molecule has 8 aromatic carbocycles. The second-order valence-electron chi connectivity index (χ2n) is 16.5. The largest absolute Gasteiger partial charge is 0.228 e. The zero-order valence-electron chi connectivity index (χ0n) is 34.2. The summed E-state index contributed by atoms with van der Waals surface area (Å²) in [5, 5.41) is 5.32. The molecule has 61 heavy (non-hydrogen) atoms. The molecule has 0 bridgehead atoms. The van der Waals surface area contributed by atoms with Gasteiger partial charge in [-0.1, -0.05) is 195 Å². The molecule has 0 amide bonds. The minimum Gasteiger partial charge on any atom is -0.228 e. The first-order valence-electron chi connectivity index (χ1n) is 21.5. The third-order valence-electron chi connectivity index (χ3n) is 12.6. The standard InChI is InChI=1S/C59H44N2/c1-39-29-31-41(32-30-39)43-18-14-20-46(36-43)58-38-57(45-19-13-17-42(35-45)40-15-3-2-4-16-40)60-59(61-58)55-28-12-11-26-52(55)48-22-6-5-21-47(48)44-33-34-54-51-25-8-7-23-49(51)50-24-9-10-27-53(50)56(54)37-44/h2-29,31-32,35-39H,30,33-34H2,1H3. The number of hydrogen-bond acceptors (Lipinski definition) is 2. The van der Waals surface area contributed by atoms with Gasteiger partial charge in [0.2, 0.25) is 0 Å². The molecule has 1 atom stereocenters. The van der Waals surface area contributed by atoms with Gasteiger partial charge in [0.1, 0.15) is 0 Å². The van der Waals surface area contributed by atoms with Gasteiger partial charge in [0.15, 0.2) is 5.82 Å². The molecule has 11 rings (SSSR count). The van der Waals surface area contributed by atoms with Crippen molar-refractivity contribution in [2.75, 3.05) is 0 Å². The van der Waals surface area contributed by atoms with Gasteiger partial charge in [-0.3, -0.25) is 0 Å². The van der Waals surface area contributed by atoms with Crippen molar-refractivity contribution in [3.05, 3.63) is 222 Å². The molecule has 9 aromatic rings. The third kappa shape index (κ3) is 6.90. The summed E-state index contributed by atoms with van der Waals surface area (Å²) in [6.07, 6.45) is 12.4. The van der Waals surface area contributed by atoms with Crippen molar-refractivity contribution >= 4 is 38.8 Å². The van der Waals surface area contributed by atoms with E-state index in [1.807, 2.05) is 0 Å². The number of hydrogen-bond donors (Lipinski definition) is 0. The molecule has 1 aromatic heterocycles. The maximum atomic E-state index is 5.44. The fraction of sp³-hybridized carbons (Fsp3) is 0.0847. The van der Waals surface area contributed by atoms with Crippen LogP contribution in [-0.4, -0.2) is 9.97 Å². The Kier molecular flexibility index (Phi) is 9.39. The van der Waals surface area contributed by atoms with Gasteiger partial charge in [-0.05, 0) is 121 Å². The van der Waals surface area contributed by atoms with Gasteiger partial charge in [-0.2, -0.15) is 0 Å². The van der Waals surface area contributed by atoms with Gasteiger partial charge in [-0.15, -0.1) is 0 Å². The van der Waals surface area contributed by atoms with E-state index in [2.05, 4.69) is 213 Å². The second kappa shape index (κ2) is 15.6. The maximum Gasteiger partial charge on any atom is 0.161 e. The van der Waals surface area contributed by atoms with Crippen LogP contribution in [0.4, 0.5) is 0 Å². The van der Waals surface area contributed by atoms with Gasteiger partial charge in [-0.25, -0.2) is 9.97 Å². The second-order valence-corrected chi connectivity index (χ2v) is 16.5. The van der Waals surface area contributed by atoms with Crippen LogP contribution < -0.4 is 0 Å². The van der Waals surface area contributed by atoms with Gasteiger partial charge < -0.3 is 0 Å². The Balaban J connectivity index is 1.07. The summed E-state index contributed by atoms with van der Waals surface area (Å²) in [6, 6.07) is 65.7. The van der Waals surface area contributed by atoms with Crippen LogP contribution in [0, 0.1) is 5.92 Å². The Bertz CT molecular complexity index is 3240. The van der Waals surface area contributed by atoms with E-state index < -0.39 is 0 Å². The molecular weight excluding hydrogens is 737 g/mol. The molecule has 290 valence electrons. The number of allylic oxidation sites excluding steroid dienone is 5. The molecule has 2 nitrogen and oxygen atoms in total. The van der Waals surface area contributed by atoms with E-state index in [0.29, 0.717) is 11.7 Å². The molecule has 0 aliphatic heterocycles. The molecule has 2 aliphatic carbocycles. The van der Waals surface area contributed by atoms with Gasteiger partial charge in [0.25, 0.3) is 0 Å². The average molecular weight is 781 g/mol. The Morgan fingerprint density at radius 3 is 1.69 bits per heavy atom. The minimum absolute atomic E-state index is 0.557. The summed E-state index contributed by atoms with van der Waals surface area (Å²) < 4.78 is 0. The molecule has 2 heteroatoms. The summed E-state index contributed by atoms with van der Waals surface area (Å²) in [5.74, 6) is 1.26. The normalized spacial score (nSPS) is 14.7. The van der Waals surface area contributed by atoms with Gasteiger partial charge in [0.05, 0.1) is 11.4 Å². The first-order valence-corrected chi connectivity index (χ1v) is 21.5. The van der Waals surface area contributed by atoms with E-state index in [9.17, 15) is 0 Å². The number of rotatable bonds is 7. The highest BCUT2D eigenvalue weighted by atomic mass is 14.9. The van der Waals surface area contributed by atoms with Gasteiger partial charge >= 0.3 is 0 Å². The molecular formula is C59H44N2. The van der Waals surface area contributed by atoms with E-state index in [0.717, 1.165) is 58.5 Å². The highest BCUT2D eigenvalue weighted by Gasteiger charge is 2.22. The van der Waals surface area contributed by atoms with Crippen LogP contribution in [0.15, 0.2) is 200 Å². The van der Waals surface area contributed by atoms with E-state index in [4.69, 9.17) is 9.97 Å². The number of nitrogens with zero attached hydrogens (tertiary/aromatic N) is 2. The Hall–Kier alpha value is -7.42. The quantitative estimate of drug-likeness (QED) is 0.151. The fourth-order valence-corrected chi connectivity index (χ4v) is 9.46. The summed E-state index contributed by atoms with van der Waals surface area (Å²) in [7, 11) is 0. The van der Waals surface area contributed by atoms with Crippen LogP contribution in [-0.2, 0) is 6.42 Å². The average Bonchev–Trinajstić information content (AvgIpc) is 3.34.